The molecule has 2 atom stereocenters. The van der Waals surface area contributed by atoms with E-state index in [1.807, 2.05) is 18.2 Å². The van der Waals surface area contributed by atoms with Crippen LogP contribution in [0.1, 0.15) is 31.2 Å². The van der Waals surface area contributed by atoms with Crippen molar-refractivity contribution in [3.8, 4) is 5.75 Å². The molecule has 0 saturated heterocycles. The minimum absolute atomic E-state index is 0.182. The van der Waals surface area contributed by atoms with E-state index in [9.17, 15) is 10.2 Å². The maximum Gasteiger partial charge on any atom is 0.118 e. The van der Waals surface area contributed by atoms with Gasteiger partial charge in [0.2, 0.25) is 0 Å². The topological polar surface area (TPSA) is 40.5 Å². The average molecular weight is 206 g/mol. The van der Waals surface area contributed by atoms with Gasteiger partial charge in [-0.1, -0.05) is 31.0 Å². The lowest BCUT2D eigenvalue weighted by molar-refractivity contribution is 0.0697. The Kier molecular flexibility index (Phi) is 3.27. The second kappa shape index (κ2) is 4.67. The van der Waals surface area contributed by atoms with E-state index in [4.69, 9.17) is 0 Å². The molecule has 2 rings (SSSR count). The van der Waals surface area contributed by atoms with Crippen LogP contribution < -0.4 is 0 Å². The highest BCUT2D eigenvalue weighted by Gasteiger charge is 2.23. The highest BCUT2D eigenvalue weighted by molar-refractivity contribution is 5.32. The third-order valence-electron chi connectivity index (χ3n) is 3.34. The molecule has 1 aliphatic rings. The largest absolute Gasteiger partial charge is 0.508 e. The lowest BCUT2D eigenvalue weighted by Crippen LogP contribution is -2.26. The number of phenols is 1. The zero-order valence-corrected chi connectivity index (χ0v) is 8.89. The predicted octanol–water partition coefficient (Wildman–Crippen LogP) is 2.49. The summed E-state index contributed by atoms with van der Waals surface area (Å²) >= 11 is 0. The Morgan fingerprint density at radius 1 is 1.13 bits per heavy atom. The fraction of sp³-hybridized carbons (Fsp3) is 0.538. The van der Waals surface area contributed by atoms with E-state index in [0.29, 0.717) is 11.7 Å². The minimum Gasteiger partial charge on any atom is -0.508 e. The SMILES string of the molecule is Oc1ccccc1CC1CCCCC1O. The molecule has 0 amide bonds. The number of aliphatic hydroxyl groups excluding tert-OH is 1. The van der Waals surface area contributed by atoms with Crippen LogP contribution in [0.15, 0.2) is 24.3 Å². The van der Waals surface area contributed by atoms with Gasteiger partial charge in [-0.2, -0.15) is 0 Å². The molecule has 15 heavy (non-hydrogen) atoms. The van der Waals surface area contributed by atoms with Gasteiger partial charge in [0.1, 0.15) is 5.75 Å². The molecule has 1 aromatic rings. The van der Waals surface area contributed by atoms with Crippen molar-refractivity contribution < 1.29 is 10.2 Å². The van der Waals surface area contributed by atoms with Gasteiger partial charge in [-0.3, -0.25) is 0 Å². The van der Waals surface area contributed by atoms with Crippen molar-refractivity contribution in [3.63, 3.8) is 0 Å². The van der Waals surface area contributed by atoms with Crippen molar-refractivity contribution in [1.29, 1.82) is 0 Å². The van der Waals surface area contributed by atoms with E-state index < -0.39 is 0 Å². The smallest absolute Gasteiger partial charge is 0.118 e. The molecule has 1 fully saturated rings. The molecular weight excluding hydrogens is 188 g/mol. The molecule has 0 aliphatic heterocycles. The summed E-state index contributed by atoms with van der Waals surface area (Å²) in [6.07, 6.45) is 4.95. The summed E-state index contributed by atoms with van der Waals surface area (Å²) in [6, 6.07) is 7.42. The number of hydrogen-bond donors (Lipinski definition) is 2. The molecule has 0 bridgehead atoms. The van der Waals surface area contributed by atoms with Crippen LogP contribution in [0.4, 0.5) is 0 Å². The maximum atomic E-state index is 9.84. The zero-order chi connectivity index (χ0) is 10.7. The number of aromatic hydroxyl groups is 1. The summed E-state index contributed by atoms with van der Waals surface area (Å²) in [5.74, 6) is 0.683. The third-order valence-corrected chi connectivity index (χ3v) is 3.34. The molecule has 2 heteroatoms. The van der Waals surface area contributed by atoms with Gasteiger partial charge in [-0.05, 0) is 36.8 Å². The van der Waals surface area contributed by atoms with E-state index in [1.165, 1.54) is 6.42 Å². The first-order chi connectivity index (χ1) is 7.27. The maximum absolute atomic E-state index is 9.84. The van der Waals surface area contributed by atoms with Crippen molar-refractivity contribution in [2.24, 2.45) is 5.92 Å². The van der Waals surface area contributed by atoms with E-state index in [1.54, 1.807) is 6.07 Å². The Bertz CT molecular complexity index is 322. The first kappa shape index (κ1) is 10.5. The summed E-state index contributed by atoms with van der Waals surface area (Å²) in [6.45, 7) is 0. The number of para-hydroxylation sites is 1. The molecule has 2 N–H and O–H groups in total. The fourth-order valence-corrected chi connectivity index (χ4v) is 2.39. The molecule has 0 spiro atoms. The number of hydrogen-bond acceptors (Lipinski definition) is 2. The molecule has 1 aromatic carbocycles. The molecular formula is C13H18O2. The Morgan fingerprint density at radius 3 is 2.60 bits per heavy atom. The summed E-state index contributed by atoms with van der Waals surface area (Å²) < 4.78 is 0. The second-order valence-corrected chi connectivity index (χ2v) is 4.44. The normalized spacial score (nSPS) is 26.5. The Balaban J connectivity index is 2.04. The number of phenolic OH excluding ortho intramolecular Hbond substituents is 1. The van der Waals surface area contributed by atoms with Crippen LogP contribution in [0, 0.1) is 5.92 Å². The van der Waals surface area contributed by atoms with Crippen LogP contribution in [-0.4, -0.2) is 16.3 Å². The Morgan fingerprint density at radius 2 is 1.87 bits per heavy atom. The molecule has 1 aliphatic carbocycles. The Labute approximate surface area is 90.6 Å². The van der Waals surface area contributed by atoms with Crippen molar-refractivity contribution in [2.75, 3.05) is 0 Å². The third kappa shape index (κ3) is 2.51. The minimum atomic E-state index is -0.182. The molecule has 0 heterocycles. The van der Waals surface area contributed by atoms with Gasteiger partial charge in [0, 0.05) is 0 Å². The molecule has 1 saturated carbocycles. The summed E-state index contributed by atoms with van der Waals surface area (Å²) in [7, 11) is 0. The Hall–Kier alpha value is -1.02. The van der Waals surface area contributed by atoms with Gasteiger partial charge in [0.15, 0.2) is 0 Å². The van der Waals surface area contributed by atoms with Crippen LogP contribution in [0.5, 0.6) is 5.75 Å². The lowest BCUT2D eigenvalue weighted by atomic mass is 9.82. The van der Waals surface area contributed by atoms with Crippen LogP contribution in [0.25, 0.3) is 0 Å². The van der Waals surface area contributed by atoms with Gasteiger partial charge in [0.05, 0.1) is 6.10 Å². The van der Waals surface area contributed by atoms with E-state index >= 15 is 0 Å². The first-order valence-corrected chi connectivity index (χ1v) is 5.72. The number of rotatable bonds is 2. The molecule has 2 unspecified atom stereocenters. The summed E-state index contributed by atoms with van der Waals surface area (Å²) in [5.41, 5.74) is 0.962. The van der Waals surface area contributed by atoms with Crippen LogP contribution >= 0.6 is 0 Å². The van der Waals surface area contributed by atoms with Gasteiger partial charge in [0.25, 0.3) is 0 Å². The van der Waals surface area contributed by atoms with Crippen molar-refractivity contribution in [2.45, 2.75) is 38.2 Å². The number of benzene rings is 1. The lowest BCUT2D eigenvalue weighted by Gasteiger charge is -2.27. The van der Waals surface area contributed by atoms with Gasteiger partial charge in [-0.25, -0.2) is 0 Å². The second-order valence-electron chi connectivity index (χ2n) is 4.44. The van der Waals surface area contributed by atoms with E-state index in [2.05, 4.69) is 0 Å². The monoisotopic (exact) mass is 206 g/mol. The van der Waals surface area contributed by atoms with E-state index in [0.717, 1.165) is 31.2 Å². The van der Waals surface area contributed by atoms with Gasteiger partial charge < -0.3 is 10.2 Å². The van der Waals surface area contributed by atoms with Crippen molar-refractivity contribution in [1.82, 2.24) is 0 Å². The van der Waals surface area contributed by atoms with Crippen LogP contribution in [0.3, 0.4) is 0 Å². The average Bonchev–Trinajstić information content (AvgIpc) is 2.24. The molecule has 2 nitrogen and oxygen atoms in total. The molecule has 82 valence electrons. The standard InChI is InChI=1S/C13H18O2/c14-12-7-3-1-5-10(12)9-11-6-2-4-8-13(11)15/h1,3,5,7,11,13-15H,2,4,6,8-9H2. The summed E-state index contributed by atoms with van der Waals surface area (Å²) in [5, 5.41) is 19.5. The summed E-state index contributed by atoms with van der Waals surface area (Å²) in [4.78, 5) is 0. The molecule has 0 radical (unpaired) electrons. The van der Waals surface area contributed by atoms with Crippen molar-refractivity contribution in [3.05, 3.63) is 29.8 Å². The van der Waals surface area contributed by atoms with Crippen molar-refractivity contribution >= 4 is 0 Å². The number of aliphatic hydroxyl groups is 1. The zero-order valence-electron chi connectivity index (χ0n) is 8.89. The first-order valence-electron chi connectivity index (χ1n) is 5.72. The fourth-order valence-electron chi connectivity index (χ4n) is 2.39. The van der Waals surface area contributed by atoms with Crippen LogP contribution in [0.2, 0.25) is 0 Å². The highest BCUT2D eigenvalue weighted by Crippen LogP contribution is 2.29. The van der Waals surface area contributed by atoms with Gasteiger partial charge in [-0.15, -0.1) is 0 Å². The van der Waals surface area contributed by atoms with Crippen LogP contribution in [-0.2, 0) is 6.42 Å². The van der Waals surface area contributed by atoms with E-state index in [-0.39, 0.29) is 6.10 Å². The predicted molar refractivity (Wildman–Crippen MR) is 59.8 cm³/mol. The highest BCUT2D eigenvalue weighted by atomic mass is 16.3. The quantitative estimate of drug-likeness (QED) is 0.780. The van der Waals surface area contributed by atoms with Gasteiger partial charge >= 0.3 is 0 Å². The molecule has 0 aromatic heterocycles.